The standard InChI is InChI=1S/C23H34N4O5S/c1-11(7-13(3)28)17-18-14(4)20(19(23(31)32)27(18)22(17)30)33-15-8-16(25-9-15)21(29)26-6-5-24-12(2)10-26/h11-12,14-18,24-25H,5-10H2,1-4H3,(H,31,32)/t11-,12-,14+,15-,16-,17+,18+/m0/s1. The summed E-state index contributed by atoms with van der Waals surface area (Å²) in [5.41, 5.74) is 0.0829. The Kier molecular flexibility index (Phi) is 6.89. The molecule has 3 N–H and O–H groups in total. The van der Waals surface area contributed by atoms with Crippen molar-refractivity contribution in [1.29, 1.82) is 0 Å². The van der Waals surface area contributed by atoms with Crippen LogP contribution in [0.25, 0.3) is 0 Å². The molecule has 0 aliphatic carbocycles. The van der Waals surface area contributed by atoms with Crippen LogP contribution in [0.3, 0.4) is 0 Å². The first-order valence-electron chi connectivity index (χ1n) is 11.8. The number of amides is 2. The second-order valence-corrected chi connectivity index (χ2v) is 11.3. The third-order valence-electron chi connectivity index (χ3n) is 7.38. The van der Waals surface area contributed by atoms with Crippen LogP contribution in [-0.2, 0) is 19.2 Å². The first-order chi connectivity index (χ1) is 15.6. The Morgan fingerprint density at radius 1 is 1.24 bits per heavy atom. The van der Waals surface area contributed by atoms with Crippen LogP contribution in [-0.4, -0.2) is 88.0 Å². The molecule has 9 nitrogen and oxygen atoms in total. The summed E-state index contributed by atoms with van der Waals surface area (Å²) in [6.07, 6.45) is 0.951. The van der Waals surface area contributed by atoms with Crippen LogP contribution < -0.4 is 10.6 Å². The van der Waals surface area contributed by atoms with Crippen molar-refractivity contribution in [3.8, 4) is 0 Å². The smallest absolute Gasteiger partial charge is 0.353 e. The van der Waals surface area contributed by atoms with Gasteiger partial charge in [0.05, 0.1) is 18.0 Å². The molecular weight excluding hydrogens is 444 g/mol. The average Bonchev–Trinajstić information content (AvgIpc) is 3.29. The highest BCUT2D eigenvalue weighted by Gasteiger charge is 2.60. The van der Waals surface area contributed by atoms with Crippen LogP contribution in [0, 0.1) is 17.8 Å². The van der Waals surface area contributed by atoms with Crippen molar-refractivity contribution < 1.29 is 24.3 Å². The molecule has 10 heteroatoms. The summed E-state index contributed by atoms with van der Waals surface area (Å²) in [7, 11) is 0. The molecule has 4 rings (SSSR count). The van der Waals surface area contributed by atoms with Gasteiger partial charge in [-0.1, -0.05) is 13.8 Å². The number of carbonyl (C=O) groups excluding carboxylic acids is 3. The van der Waals surface area contributed by atoms with Crippen molar-refractivity contribution in [3.63, 3.8) is 0 Å². The fourth-order valence-corrected chi connectivity index (χ4v) is 7.34. The number of ketones is 1. The summed E-state index contributed by atoms with van der Waals surface area (Å²) in [6.45, 7) is 10.3. The molecule has 4 aliphatic heterocycles. The van der Waals surface area contributed by atoms with E-state index in [4.69, 9.17) is 0 Å². The number of carboxylic acid groups (broad SMARTS) is 1. The zero-order valence-electron chi connectivity index (χ0n) is 19.7. The van der Waals surface area contributed by atoms with Gasteiger partial charge in [-0.05, 0) is 26.2 Å². The summed E-state index contributed by atoms with van der Waals surface area (Å²) in [4.78, 5) is 53.6. The van der Waals surface area contributed by atoms with Crippen LogP contribution in [0.15, 0.2) is 10.6 Å². The summed E-state index contributed by atoms with van der Waals surface area (Å²) in [5, 5.41) is 16.7. The van der Waals surface area contributed by atoms with Crippen LogP contribution in [0.5, 0.6) is 0 Å². The topological polar surface area (TPSA) is 119 Å². The molecule has 0 saturated carbocycles. The maximum atomic E-state index is 13.0. The highest BCUT2D eigenvalue weighted by molar-refractivity contribution is 8.03. The second kappa shape index (κ2) is 9.38. The maximum Gasteiger partial charge on any atom is 0.353 e. The highest BCUT2D eigenvalue weighted by Crippen LogP contribution is 2.53. The molecule has 2 amide bonds. The van der Waals surface area contributed by atoms with Gasteiger partial charge in [0.1, 0.15) is 11.5 Å². The molecule has 0 radical (unpaired) electrons. The van der Waals surface area contributed by atoms with Gasteiger partial charge in [-0.2, -0.15) is 0 Å². The summed E-state index contributed by atoms with van der Waals surface area (Å²) >= 11 is 1.50. The minimum Gasteiger partial charge on any atom is -0.477 e. The quantitative estimate of drug-likeness (QED) is 0.457. The van der Waals surface area contributed by atoms with Gasteiger partial charge in [-0.3, -0.25) is 9.59 Å². The number of carbonyl (C=O) groups is 4. The molecule has 0 aromatic rings. The fraction of sp³-hybridized carbons (Fsp3) is 0.739. The number of nitrogens with one attached hydrogen (secondary N) is 2. The lowest BCUT2D eigenvalue weighted by Crippen LogP contribution is -2.62. The number of Topliss-reactive ketones (excluding diaryl/α,β-unsaturated/α-hetero) is 1. The Morgan fingerprint density at radius 3 is 2.61 bits per heavy atom. The van der Waals surface area contributed by atoms with Gasteiger partial charge in [0, 0.05) is 54.7 Å². The van der Waals surface area contributed by atoms with Crippen LogP contribution in [0.2, 0.25) is 0 Å². The molecular formula is C23H34N4O5S. The Labute approximate surface area is 198 Å². The average molecular weight is 479 g/mol. The highest BCUT2D eigenvalue weighted by atomic mass is 32.2. The van der Waals surface area contributed by atoms with Crippen molar-refractivity contribution in [3.05, 3.63) is 10.6 Å². The number of piperazine rings is 1. The first-order valence-corrected chi connectivity index (χ1v) is 12.7. The summed E-state index contributed by atoms with van der Waals surface area (Å²) in [5.74, 6) is -1.70. The van der Waals surface area contributed by atoms with Crippen molar-refractivity contribution in [2.45, 2.75) is 63.9 Å². The third-order valence-corrected chi connectivity index (χ3v) is 8.89. The zero-order chi connectivity index (χ0) is 24.0. The molecule has 0 spiro atoms. The van der Waals surface area contributed by atoms with Gasteiger partial charge in [-0.25, -0.2) is 4.79 Å². The Hall–Kier alpha value is -1.91. The number of fused-ring (bicyclic) bond motifs is 1. The van der Waals surface area contributed by atoms with Gasteiger partial charge < -0.3 is 30.3 Å². The Morgan fingerprint density at radius 2 is 1.97 bits per heavy atom. The number of aliphatic carboxylic acids is 1. The molecule has 3 saturated heterocycles. The molecule has 0 unspecified atom stereocenters. The van der Waals surface area contributed by atoms with E-state index in [-0.39, 0.29) is 64.4 Å². The van der Waals surface area contributed by atoms with E-state index in [0.29, 0.717) is 37.4 Å². The van der Waals surface area contributed by atoms with E-state index >= 15 is 0 Å². The Bertz CT molecular complexity index is 892. The molecule has 182 valence electrons. The van der Waals surface area contributed by atoms with E-state index in [1.54, 1.807) is 0 Å². The zero-order valence-corrected chi connectivity index (χ0v) is 20.5. The van der Waals surface area contributed by atoms with E-state index in [1.807, 2.05) is 18.7 Å². The van der Waals surface area contributed by atoms with Crippen molar-refractivity contribution >= 4 is 35.3 Å². The lowest BCUT2D eigenvalue weighted by Gasteiger charge is -2.47. The number of hydrogen-bond donors (Lipinski definition) is 3. The van der Waals surface area contributed by atoms with Crippen LogP contribution in [0.1, 0.15) is 40.5 Å². The number of carboxylic acids is 1. The predicted octanol–water partition coefficient (Wildman–Crippen LogP) is 0.659. The molecule has 0 aromatic heterocycles. The second-order valence-electron chi connectivity index (χ2n) is 9.99. The molecule has 0 bridgehead atoms. The van der Waals surface area contributed by atoms with Crippen LogP contribution in [0.4, 0.5) is 0 Å². The summed E-state index contributed by atoms with van der Waals surface area (Å²) in [6, 6.07) is -0.202. The third kappa shape index (κ3) is 4.44. The Balaban J connectivity index is 1.44. The van der Waals surface area contributed by atoms with Gasteiger partial charge in [0.2, 0.25) is 11.8 Å². The molecule has 3 fully saturated rings. The number of nitrogens with zero attached hydrogens (tertiary/aromatic N) is 2. The van der Waals surface area contributed by atoms with E-state index in [0.717, 1.165) is 6.54 Å². The number of rotatable bonds is 7. The van der Waals surface area contributed by atoms with Gasteiger partial charge >= 0.3 is 5.97 Å². The first kappa shape index (κ1) is 24.2. The minimum absolute atomic E-state index is 0.0343. The van der Waals surface area contributed by atoms with E-state index < -0.39 is 5.97 Å². The van der Waals surface area contributed by atoms with Crippen molar-refractivity contribution in [2.24, 2.45) is 17.8 Å². The van der Waals surface area contributed by atoms with E-state index in [9.17, 15) is 24.3 Å². The van der Waals surface area contributed by atoms with E-state index in [2.05, 4.69) is 17.6 Å². The number of β-lactam (4-membered cyclic amide) rings is 1. The lowest BCUT2D eigenvalue weighted by molar-refractivity contribution is -0.160. The molecule has 7 atom stereocenters. The molecule has 33 heavy (non-hydrogen) atoms. The monoisotopic (exact) mass is 478 g/mol. The predicted molar refractivity (Wildman–Crippen MR) is 124 cm³/mol. The lowest BCUT2D eigenvalue weighted by atomic mass is 9.73. The van der Waals surface area contributed by atoms with Crippen molar-refractivity contribution in [1.82, 2.24) is 20.4 Å². The summed E-state index contributed by atoms with van der Waals surface area (Å²) < 4.78 is 0. The SMILES string of the molecule is CC(=O)C[C@H](C)[C@H]1C(=O)N2C(C(=O)O)=C(S[C@@H]3CN[C@H](C(=O)N4CCN[C@@H](C)C4)C3)[C@H](C)[C@H]12. The molecule has 0 aromatic carbocycles. The number of hydrogen-bond acceptors (Lipinski definition) is 7. The largest absolute Gasteiger partial charge is 0.477 e. The fourth-order valence-electron chi connectivity index (χ4n) is 5.86. The molecule has 4 heterocycles. The van der Waals surface area contributed by atoms with Gasteiger partial charge in [0.15, 0.2) is 0 Å². The molecule has 4 aliphatic rings. The number of thioether (sulfide) groups is 1. The normalized spacial score (nSPS) is 34.8. The van der Waals surface area contributed by atoms with E-state index in [1.165, 1.54) is 23.6 Å². The van der Waals surface area contributed by atoms with Crippen molar-refractivity contribution in [2.75, 3.05) is 26.2 Å². The minimum atomic E-state index is -1.09. The van der Waals surface area contributed by atoms with Crippen LogP contribution >= 0.6 is 11.8 Å². The van der Waals surface area contributed by atoms with Gasteiger partial charge in [-0.15, -0.1) is 11.8 Å². The maximum absolute atomic E-state index is 13.0. The van der Waals surface area contributed by atoms with Gasteiger partial charge in [0.25, 0.3) is 0 Å².